The van der Waals surface area contributed by atoms with Gasteiger partial charge >= 0.3 is 0 Å². The van der Waals surface area contributed by atoms with Gasteiger partial charge in [0.25, 0.3) is 5.91 Å². The van der Waals surface area contributed by atoms with Gasteiger partial charge in [0.1, 0.15) is 0 Å². The normalized spacial score (nSPS) is 12.1. The van der Waals surface area contributed by atoms with Gasteiger partial charge in [0, 0.05) is 33.2 Å². The van der Waals surface area contributed by atoms with Crippen molar-refractivity contribution in [3.8, 4) is 0 Å². The molecule has 1 heterocycles. The van der Waals surface area contributed by atoms with Crippen LogP contribution in [0, 0.1) is 0 Å². The lowest BCUT2D eigenvalue weighted by atomic mass is 10.2. The number of aromatic nitrogens is 1. The quantitative estimate of drug-likeness (QED) is 0.456. The number of carbonyl (C=O) groups is 1. The Bertz CT molecular complexity index is 1010. The number of thiazole rings is 1. The van der Waals surface area contributed by atoms with Crippen molar-refractivity contribution in [2.75, 3.05) is 13.2 Å². The first-order chi connectivity index (χ1) is 12.5. The summed E-state index contributed by atoms with van der Waals surface area (Å²) in [4.78, 5) is 17.5. The van der Waals surface area contributed by atoms with Crippen molar-refractivity contribution in [3.63, 3.8) is 0 Å². The van der Waals surface area contributed by atoms with Crippen LogP contribution in [0.2, 0.25) is 10.0 Å². The highest BCUT2D eigenvalue weighted by Crippen LogP contribution is 2.23. The Morgan fingerprint density at radius 2 is 1.96 bits per heavy atom. The summed E-state index contributed by atoms with van der Waals surface area (Å²) in [6.45, 7) is 3.74. The number of rotatable bonds is 5. The number of amides is 1. The van der Waals surface area contributed by atoms with E-state index in [4.69, 9.17) is 27.9 Å². The minimum absolute atomic E-state index is 0.359. The van der Waals surface area contributed by atoms with Gasteiger partial charge in [-0.1, -0.05) is 50.5 Å². The molecule has 3 aromatic rings. The highest BCUT2D eigenvalue weighted by molar-refractivity contribution is 9.10. The number of nitrogens with zero attached hydrogens (tertiary/aromatic N) is 2. The molecule has 0 unspecified atom stereocenters. The molecule has 0 fully saturated rings. The fraction of sp³-hybridized carbons (Fsp3) is 0.222. The Morgan fingerprint density at radius 1 is 1.23 bits per heavy atom. The summed E-state index contributed by atoms with van der Waals surface area (Å²) < 4.78 is 9.47. The SMILES string of the molecule is CCOCCn1c(=NC(=O)c2cc(Cl)cc(Cl)c2)sc2cc(Br)ccc21. The molecule has 3 rings (SSSR count). The molecule has 0 saturated heterocycles. The van der Waals surface area contributed by atoms with E-state index in [0.29, 0.717) is 40.2 Å². The summed E-state index contributed by atoms with van der Waals surface area (Å²) >= 11 is 16.9. The minimum Gasteiger partial charge on any atom is -0.380 e. The Hall–Kier alpha value is -1.18. The topological polar surface area (TPSA) is 43.6 Å². The smallest absolute Gasteiger partial charge is 0.279 e. The van der Waals surface area contributed by atoms with Gasteiger partial charge in [-0.2, -0.15) is 4.99 Å². The van der Waals surface area contributed by atoms with E-state index >= 15 is 0 Å². The molecule has 0 saturated carbocycles. The molecule has 2 aromatic carbocycles. The van der Waals surface area contributed by atoms with Crippen LogP contribution in [0.25, 0.3) is 10.2 Å². The highest BCUT2D eigenvalue weighted by atomic mass is 79.9. The van der Waals surface area contributed by atoms with Gasteiger partial charge < -0.3 is 9.30 Å². The molecule has 0 aliphatic heterocycles. The molecule has 0 bridgehead atoms. The largest absolute Gasteiger partial charge is 0.380 e. The number of carbonyl (C=O) groups excluding carboxylic acids is 1. The van der Waals surface area contributed by atoms with Gasteiger partial charge in [0.15, 0.2) is 4.80 Å². The van der Waals surface area contributed by atoms with E-state index in [1.54, 1.807) is 18.2 Å². The van der Waals surface area contributed by atoms with E-state index in [9.17, 15) is 4.79 Å². The third-order valence-electron chi connectivity index (χ3n) is 3.61. The summed E-state index contributed by atoms with van der Waals surface area (Å²) in [7, 11) is 0. The summed E-state index contributed by atoms with van der Waals surface area (Å²) in [5, 5.41) is 0.807. The predicted molar refractivity (Wildman–Crippen MR) is 110 cm³/mol. The lowest BCUT2D eigenvalue weighted by Crippen LogP contribution is -2.19. The molecule has 136 valence electrons. The van der Waals surface area contributed by atoms with Crippen LogP contribution in [0.3, 0.4) is 0 Å². The second-order valence-electron chi connectivity index (χ2n) is 5.42. The van der Waals surface area contributed by atoms with Crippen molar-refractivity contribution in [1.29, 1.82) is 0 Å². The lowest BCUT2D eigenvalue weighted by Gasteiger charge is -2.05. The van der Waals surface area contributed by atoms with Gasteiger partial charge in [-0.15, -0.1) is 0 Å². The van der Waals surface area contributed by atoms with Gasteiger partial charge in [0.05, 0.1) is 16.8 Å². The standard InChI is InChI=1S/C18H15BrCl2N2O2S/c1-2-25-6-5-23-15-4-3-12(19)9-16(15)26-18(23)22-17(24)11-7-13(20)10-14(21)8-11/h3-4,7-10H,2,5-6H2,1H3. The summed E-state index contributed by atoms with van der Waals surface area (Å²) in [5.74, 6) is -0.384. The number of fused-ring (bicyclic) bond motifs is 1. The molecule has 1 aromatic heterocycles. The molecular formula is C18H15BrCl2N2O2S. The number of benzene rings is 2. The van der Waals surface area contributed by atoms with Crippen molar-refractivity contribution in [1.82, 2.24) is 4.57 Å². The maximum absolute atomic E-state index is 12.6. The molecule has 0 aliphatic carbocycles. The first-order valence-electron chi connectivity index (χ1n) is 7.89. The van der Waals surface area contributed by atoms with Gasteiger partial charge in [-0.25, -0.2) is 0 Å². The van der Waals surface area contributed by atoms with Crippen LogP contribution in [0.15, 0.2) is 45.9 Å². The Labute approximate surface area is 173 Å². The van der Waals surface area contributed by atoms with E-state index in [-0.39, 0.29) is 5.91 Å². The number of hydrogen-bond acceptors (Lipinski definition) is 3. The highest BCUT2D eigenvalue weighted by Gasteiger charge is 2.11. The maximum Gasteiger partial charge on any atom is 0.279 e. The van der Waals surface area contributed by atoms with E-state index in [0.717, 1.165) is 14.7 Å². The van der Waals surface area contributed by atoms with Crippen molar-refractivity contribution in [2.45, 2.75) is 13.5 Å². The summed E-state index contributed by atoms with van der Waals surface area (Å²) in [5.41, 5.74) is 1.37. The molecule has 0 N–H and O–H groups in total. The van der Waals surface area contributed by atoms with Crippen LogP contribution >= 0.6 is 50.5 Å². The zero-order valence-electron chi connectivity index (χ0n) is 13.8. The van der Waals surface area contributed by atoms with E-state index < -0.39 is 0 Å². The second-order valence-corrected chi connectivity index (χ2v) is 8.22. The van der Waals surface area contributed by atoms with Crippen LogP contribution in [-0.4, -0.2) is 23.7 Å². The van der Waals surface area contributed by atoms with Crippen LogP contribution < -0.4 is 4.80 Å². The number of halogens is 3. The minimum atomic E-state index is -0.384. The fourth-order valence-electron chi connectivity index (χ4n) is 2.48. The second kappa shape index (κ2) is 8.67. The van der Waals surface area contributed by atoms with E-state index in [1.807, 2.05) is 29.7 Å². The Balaban J connectivity index is 2.08. The molecule has 0 atom stereocenters. The van der Waals surface area contributed by atoms with Gasteiger partial charge in [-0.3, -0.25) is 4.79 Å². The van der Waals surface area contributed by atoms with Gasteiger partial charge in [-0.05, 0) is 43.3 Å². The number of hydrogen-bond donors (Lipinski definition) is 0. The maximum atomic E-state index is 12.6. The lowest BCUT2D eigenvalue weighted by molar-refractivity contribution is 0.0996. The molecular weight excluding hydrogens is 459 g/mol. The van der Waals surface area contributed by atoms with Crippen molar-refractivity contribution >= 4 is 66.6 Å². The Morgan fingerprint density at radius 3 is 2.65 bits per heavy atom. The van der Waals surface area contributed by atoms with E-state index in [1.165, 1.54) is 11.3 Å². The molecule has 0 aliphatic rings. The molecule has 26 heavy (non-hydrogen) atoms. The van der Waals surface area contributed by atoms with E-state index in [2.05, 4.69) is 20.9 Å². The van der Waals surface area contributed by atoms with Gasteiger partial charge in [0.2, 0.25) is 0 Å². The molecule has 0 radical (unpaired) electrons. The predicted octanol–water partition coefficient (Wildman–Crippen LogP) is 5.55. The first-order valence-corrected chi connectivity index (χ1v) is 10.3. The average Bonchev–Trinajstić information content (AvgIpc) is 2.90. The molecule has 0 spiro atoms. The monoisotopic (exact) mass is 472 g/mol. The molecule has 4 nitrogen and oxygen atoms in total. The zero-order valence-corrected chi connectivity index (χ0v) is 17.8. The zero-order chi connectivity index (χ0) is 18.7. The Kier molecular flexibility index (Phi) is 6.53. The summed E-state index contributed by atoms with van der Waals surface area (Å²) in [6, 6.07) is 10.7. The summed E-state index contributed by atoms with van der Waals surface area (Å²) in [6.07, 6.45) is 0. The van der Waals surface area contributed by atoms with Crippen LogP contribution in [-0.2, 0) is 11.3 Å². The third-order valence-corrected chi connectivity index (χ3v) is 5.59. The van der Waals surface area contributed by atoms with Crippen molar-refractivity contribution in [3.05, 3.63) is 61.3 Å². The molecule has 8 heteroatoms. The van der Waals surface area contributed by atoms with Crippen LogP contribution in [0.1, 0.15) is 17.3 Å². The van der Waals surface area contributed by atoms with Crippen LogP contribution in [0.4, 0.5) is 0 Å². The number of ether oxygens (including phenoxy) is 1. The van der Waals surface area contributed by atoms with Crippen molar-refractivity contribution in [2.24, 2.45) is 4.99 Å². The van der Waals surface area contributed by atoms with Crippen LogP contribution in [0.5, 0.6) is 0 Å². The fourth-order valence-corrected chi connectivity index (χ4v) is 4.61. The van der Waals surface area contributed by atoms with Crippen molar-refractivity contribution < 1.29 is 9.53 Å². The third kappa shape index (κ3) is 4.56. The molecule has 1 amide bonds. The average molecular weight is 474 g/mol. The first kappa shape index (κ1) is 19.6.